The minimum atomic E-state index is -4.06. The molecule has 3 aromatic carbocycles. The summed E-state index contributed by atoms with van der Waals surface area (Å²) in [5.74, 6) is -0.513. The fourth-order valence-corrected chi connectivity index (χ4v) is 4.23. The molecule has 10 heteroatoms. The van der Waals surface area contributed by atoms with Crippen molar-refractivity contribution < 1.29 is 22.2 Å². The molecule has 0 atom stereocenters. The van der Waals surface area contributed by atoms with Gasteiger partial charge in [-0.3, -0.25) is 9.59 Å². The van der Waals surface area contributed by atoms with E-state index in [-0.39, 0.29) is 22.5 Å². The summed E-state index contributed by atoms with van der Waals surface area (Å²) in [5.41, 5.74) is 4.79. The van der Waals surface area contributed by atoms with Gasteiger partial charge in [-0.05, 0) is 78.4 Å². The van der Waals surface area contributed by atoms with Crippen LogP contribution in [0.2, 0.25) is 0 Å². The summed E-state index contributed by atoms with van der Waals surface area (Å²) in [6.45, 7) is 1.36. The third kappa shape index (κ3) is 6.05. The number of carbonyl (C=O) groups is 2. The van der Waals surface area contributed by atoms with Gasteiger partial charge in [-0.15, -0.1) is 0 Å². The number of rotatable bonds is 8. The maximum atomic E-state index is 12.6. The molecule has 0 fully saturated rings. The van der Waals surface area contributed by atoms with Gasteiger partial charge in [-0.25, -0.2) is 5.43 Å². The molecule has 0 radical (unpaired) electrons. The van der Waals surface area contributed by atoms with E-state index in [0.29, 0.717) is 16.8 Å². The monoisotopic (exact) mass is 502 g/mol. The Labute approximate surface area is 208 Å². The van der Waals surface area contributed by atoms with Gasteiger partial charge in [-0.2, -0.15) is 13.5 Å². The van der Waals surface area contributed by atoms with Crippen molar-refractivity contribution in [1.82, 2.24) is 9.99 Å². The lowest BCUT2D eigenvalue weighted by atomic mass is 10.1. The highest BCUT2D eigenvalue weighted by Crippen LogP contribution is 2.21. The molecule has 1 heterocycles. The minimum Gasteiger partial charge on any atom is -0.379 e. The minimum absolute atomic E-state index is 0.0508. The third-order valence-electron chi connectivity index (χ3n) is 4.96. The molecule has 182 valence electrons. The van der Waals surface area contributed by atoms with Gasteiger partial charge in [0.1, 0.15) is 10.6 Å². The normalized spacial score (nSPS) is 11.2. The Bertz CT molecular complexity index is 1490. The van der Waals surface area contributed by atoms with Gasteiger partial charge in [0.05, 0.1) is 17.5 Å². The van der Waals surface area contributed by atoms with Crippen LogP contribution in [0.4, 0.5) is 5.69 Å². The largest absolute Gasteiger partial charge is 0.379 e. The van der Waals surface area contributed by atoms with E-state index >= 15 is 0 Å². The Morgan fingerprint density at radius 1 is 0.889 bits per heavy atom. The third-order valence-corrected chi connectivity index (χ3v) is 6.22. The summed E-state index contributed by atoms with van der Waals surface area (Å²) in [5, 5.41) is 6.57. The fourth-order valence-electron chi connectivity index (χ4n) is 3.30. The van der Waals surface area contributed by atoms with Gasteiger partial charge in [0.15, 0.2) is 0 Å². The fraction of sp³-hybridized carbons (Fsp3) is 0.0385. The Hall–Kier alpha value is -4.70. The van der Waals surface area contributed by atoms with Crippen molar-refractivity contribution in [3.8, 4) is 11.4 Å². The summed E-state index contributed by atoms with van der Waals surface area (Å²) >= 11 is 0. The molecule has 36 heavy (non-hydrogen) atoms. The molecule has 0 bridgehead atoms. The molecular formula is C26H22N4O5S. The van der Waals surface area contributed by atoms with Crippen LogP contribution in [0, 0.1) is 0 Å². The van der Waals surface area contributed by atoms with E-state index in [4.69, 9.17) is 4.18 Å². The van der Waals surface area contributed by atoms with E-state index in [2.05, 4.69) is 15.8 Å². The average Bonchev–Trinajstić information content (AvgIpc) is 3.40. The molecule has 0 unspecified atom stereocenters. The zero-order valence-electron chi connectivity index (χ0n) is 19.2. The van der Waals surface area contributed by atoms with Crippen LogP contribution in [0.1, 0.15) is 22.8 Å². The summed E-state index contributed by atoms with van der Waals surface area (Å²) < 4.78 is 32.1. The average molecular weight is 503 g/mol. The lowest BCUT2D eigenvalue weighted by molar-refractivity contribution is -0.114. The number of hydrogen-bond acceptors (Lipinski definition) is 6. The van der Waals surface area contributed by atoms with E-state index in [9.17, 15) is 18.0 Å². The number of para-hydroxylation sites is 1. The predicted molar refractivity (Wildman–Crippen MR) is 136 cm³/mol. The molecule has 0 aliphatic carbocycles. The van der Waals surface area contributed by atoms with Gasteiger partial charge in [0.2, 0.25) is 5.91 Å². The van der Waals surface area contributed by atoms with Crippen molar-refractivity contribution in [2.45, 2.75) is 11.8 Å². The molecule has 1 aromatic heterocycles. The summed E-state index contributed by atoms with van der Waals surface area (Å²) in [6.07, 6.45) is 5.13. The van der Waals surface area contributed by atoms with Crippen molar-refractivity contribution in [2.24, 2.45) is 5.10 Å². The van der Waals surface area contributed by atoms with Gasteiger partial charge < -0.3 is 14.1 Å². The van der Waals surface area contributed by atoms with Crippen LogP contribution in [-0.4, -0.2) is 31.0 Å². The number of hydrogen-bond donors (Lipinski definition) is 2. The molecule has 9 nitrogen and oxygen atoms in total. The Kier molecular flexibility index (Phi) is 7.26. The van der Waals surface area contributed by atoms with Crippen molar-refractivity contribution in [3.05, 3.63) is 108 Å². The second-order valence-corrected chi connectivity index (χ2v) is 9.16. The van der Waals surface area contributed by atoms with Crippen molar-refractivity contribution in [1.29, 1.82) is 0 Å². The predicted octanol–water partition coefficient (Wildman–Crippen LogP) is 3.97. The first-order chi connectivity index (χ1) is 17.3. The number of nitrogens with zero attached hydrogens (tertiary/aromatic N) is 2. The molecule has 4 rings (SSSR count). The second-order valence-electron chi connectivity index (χ2n) is 7.62. The van der Waals surface area contributed by atoms with E-state index in [1.165, 1.54) is 49.5 Å². The van der Waals surface area contributed by atoms with Gasteiger partial charge in [0, 0.05) is 25.0 Å². The Morgan fingerprint density at radius 2 is 1.56 bits per heavy atom. The molecular weight excluding hydrogens is 480 g/mol. The highest BCUT2D eigenvalue weighted by atomic mass is 32.2. The lowest BCUT2D eigenvalue weighted by Gasteiger charge is -2.09. The molecule has 0 aliphatic rings. The molecule has 0 aliphatic heterocycles. The van der Waals surface area contributed by atoms with Crippen LogP contribution < -0.4 is 14.9 Å². The molecule has 4 aromatic rings. The number of amides is 2. The van der Waals surface area contributed by atoms with Gasteiger partial charge in [0.25, 0.3) is 5.91 Å². The number of carbonyl (C=O) groups excluding carboxylic acids is 2. The number of benzene rings is 3. The lowest BCUT2D eigenvalue weighted by Crippen LogP contribution is -2.19. The number of hydrazone groups is 1. The molecule has 2 N–H and O–H groups in total. The van der Waals surface area contributed by atoms with E-state index in [1.54, 1.807) is 24.3 Å². The SMILES string of the molecule is CC(=O)Nc1ccc(S(=O)(=O)Oc2ccc(/C=N\NC(=O)c3ccccc3-n3cccc3)cc2)cc1. The summed E-state index contributed by atoms with van der Waals surface area (Å²) in [7, 11) is -4.06. The second kappa shape index (κ2) is 10.7. The first-order valence-electron chi connectivity index (χ1n) is 10.8. The zero-order chi connectivity index (χ0) is 25.5. The highest BCUT2D eigenvalue weighted by molar-refractivity contribution is 7.87. The molecule has 0 saturated carbocycles. The Balaban J connectivity index is 1.38. The quantitative estimate of drug-likeness (QED) is 0.215. The van der Waals surface area contributed by atoms with Crippen molar-refractivity contribution in [2.75, 3.05) is 5.32 Å². The van der Waals surface area contributed by atoms with Crippen LogP contribution in [0.15, 0.2) is 107 Å². The van der Waals surface area contributed by atoms with Crippen LogP contribution in [-0.2, 0) is 14.9 Å². The molecule has 0 spiro atoms. The van der Waals surface area contributed by atoms with Crippen LogP contribution in [0.3, 0.4) is 0 Å². The number of nitrogens with one attached hydrogen (secondary N) is 2. The summed E-state index contributed by atoms with van der Waals surface area (Å²) in [6, 6.07) is 22.7. The van der Waals surface area contributed by atoms with E-state index in [1.807, 2.05) is 41.2 Å². The van der Waals surface area contributed by atoms with Gasteiger partial charge >= 0.3 is 10.1 Å². The van der Waals surface area contributed by atoms with Crippen LogP contribution >= 0.6 is 0 Å². The van der Waals surface area contributed by atoms with E-state index < -0.39 is 10.1 Å². The first-order valence-corrected chi connectivity index (χ1v) is 12.2. The first kappa shape index (κ1) is 24.4. The molecule has 0 saturated heterocycles. The van der Waals surface area contributed by atoms with Crippen molar-refractivity contribution >= 4 is 33.8 Å². The number of aromatic nitrogens is 1. The highest BCUT2D eigenvalue weighted by Gasteiger charge is 2.17. The zero-order valence-corrected chi connectivity index (χ0v) is 20.0. The maximum Gasteiger partial charge on any atom is 0.339 e. The maximum absolute atomic E-state index is 12.6. The van der Waals surface area contributed by atoms with E-state index in [0.717, 1.165) is 5.69 Å². The standard InChI is InChI=1S/C26H22N4O5S/c1-19(31)28-21-10-14-23(15-11-21)36(33,34)35-22-12-8-20(9-13-22)18-27-29-26(32)24-6-2-3-7-25(24)30-16-4-5-17-30/h2-18H,1H3,(H,28,31)(H,29,32)/b27-18-. The smallest absolute Gasteiger partial charge is 0.339 e. The Morgan fingerprint density at radius 3 is 2.22 bits per heavy atom. The summed E-state index contributed by atoms with van der Waals surface area (Å²) in [4.78, 5) is 23.7. The number of anilines is 1. The molecule has 2 amide bonds. The van der Waals surface area contributed by atoms with Crippen molar-refractivity contribution in [3.63, 3.8) is 0 Å². The van der Waals surface area contributed by atoms with Crippen LogP contribution in [0.5, 0.6) is 5.75 Å². The van der Waals surface area contributed by atoms with Crippen LogP contribution in [0.25, 0.3) is 5.69 Å². The topological polar surface area (TPSA) is 119 Å². The van der Waals surface area contributed by atoms with Gasteiger partial charge in [-0.1, -0.05) is 12.1 Å².